The van der Waals surface area contributed by atoms with Crippen LogP contribution in [0.5, 0.6) is 0 Å². The number of nitro groups is 1. The van der Waals surface area contributed by atoms with Gasteiger partial charge in [0.2, 0.25) is 0 Å². The molecule has 0 radical (unpaired) electrons. The van der Waals surface area contributed by atoms with Crippen LogP contribution >= 0.6 is 11.6 Å². The molecule has 7 heteroatoms. The maximum atomic E-state index is 10.9. The molecule has 6 nitrogen and oxygen atoms in total. The topological polar surface area (TPSA) is 64.8 Å². The van der Waals surface area contributed by atoms with Crippen molar-refractivity contribution in [1.29, 1.82) is 0 Å². The summed E-state index contributed by atoms with van der Waals surface area (Å²) in [6.07, 6.45) is 0. The minimum absolute atomic E-state index is 0.0421. The van der Waals surface area contributed by atoms with Crippen molar-refractivity contribution in [1.82, 2.24) is 0 Å². The number of nitrogens with zero attached hydrogens (tertiary/aromatic N) is 2. The molecule has 0 amide bonds. The maximum absolute atomic E-state index is 10.9. The average Bonchev–Trinajstić information content (AvgIpc) is 2.47. The van der Waals surface area contributed by atoms with Crippen molar-refractivity contribution in [2.24, 2.45) is 0 Å². The van der Waals surface area contributed by atoms with Gasteiger partial charge in [-0.25, -0.2) is 0 Å². The summed E-state index contributed by atoms with van der Waals surface area (Å²) >= 11 is 5.96. The molecule has 118 valence electrons. The number of hydrogen-bond donors (Lipinski definition) is 0. The fourth-order valence-corrected chi connectivity index (χ4v) is 2.39. The van der Waals surface area contributed by atoms with Crippen LogP contribution in [0.1, 0.15) is 12.5 Å². The van der Waals surface area contributed by atoms with E-state index in [4.69, 9.17) is 21.1 Å². The van der Waals surface area contributed by atoms with Gasteiger partial charge in [0.05, 0.1) is 18.1 Å². The van der Waals surface area contributed by atoms with Crippen molar-refractivity contribution < 1.29 is 14.4 Å². The van der Waals surface area contributed by atoms with Gasteiger partial charge in [-0.3, -0.25) is 10.1 Å². The van der Waals surface area contributed by atoms with Gasteiger partial charge in [0.25, 0.3) is 5.69 Å². The number of non-ortho nitro benzene ring substituents is 1. The van der Waals surface area contributed by atoms with Crippen LogP contribution in [-0.2, 0) is 15.4 Å². The Morgan fingerprint density at radius 2 is 2.10 bits per heavy atom. The Bertz CT molecular complexity index is 470. The van der Waals surface area contributed by atoms with Crippen molar-refractivity contribution in [2.75, 3.05) is 38.9 Å². The normalized spacial score (nSPS) is 12.2. The zero-order chi connectivity index (χ0) is 15.8. The van der Waals surface area contributed by atoms with E-state index in [1.165, 1.54) is 12.1 Å². The Hall–Kier alpha value is -1.37. The summed E-state index contributed by atoms with van der Waals surface area (Å²) in [7, 11) is 3.28. The van der Waals surface area contributed by atoms with E-state index in [2.05, 4.69) is 4.90 Å². The number of nitro benzene ring substituents is 1. The second kappa shape index (κ2) is 8.81. The van der Waals surface area contributed by atoms with Gasteiger partial charge in [-0.1, -0.05) is 0 Å². The molecule has 0 aliphatic carbocycles. The predicted molar refractivity (Wildman–Crippen MR) is 83.2 cm³/mol. The highest BCUT2D eigenvalue weighted by atomic mass is 35.5. The van der Waals surface area contributed by atoms with Gasteiger partial charge in [0.15, 0.2) is 0 Å². The number of rotatable bonds is 9. The first-order valence-electron chi connectivity index (χ1n) is 6.63. The van der Waals surface area contributed by atoms with Gasteiger partial charge < -0.3 is 14.4 Å². The summed E-state index contributed by atoms with van der Waals surface area (Å²) in [5.74, 6) is 0.209. The van der Waals surface area contributed by atoms with E-state index in [1.807, 2.05) is 6.92 Å². The minimum atomic E-state index is -0.419. The summed E-state index contributed by atoms with van der Waals surface area (Å²) < 4.78 is 10.3. The molecule has 0 fully saturated rings. The van der Waals surface area contributed by atoms with Gasteiger partial charge in [0, 0.05) is 50.5 Å². The number of anilines is 1. The largest absolute Gasteiger partial charge is 0.383 e. The molecule has 0 aromatic heterocycles. The van der Waals surface area contributed by atoms with Crippen LogP contribution < -0.4 is 4.90 Å². The third kappa shape index (κ3) is 4.84. The van der Waals surface area contributed by atoms with Crippen LogP contribution in [0, 0.1) is 10.1 Å². The van der Waals surface area contributed by atoms with Gasteiger partial charge >= 0.3 is 0 Å². The lowest BCUT2D eigenvalue weighted by Crippen LogP contribution is -2.39. The zero-order valence-corrected chi connectivity index (χ0v) is 13.3. The molecule has 0 bridgehead atoms. The van der Waals surface area contributed by atoms with E-state index >= 15 is 0 Å². The molecule has 0 N–H and O–H groups in total. The molecule has 0 spiro atoms. The van der Waals surface area contributed by atoms with E-state index < -0.39 is 4.92 Å². The Kier molecular flexibility index (Phi) is 7.42. The highest BCUT2D eigenvalue weighted by Crippen LogP contribution is 2.28. The van der Waals surface area contributed by atoms with Crippen molar-refractivity contribution >= 4 is 23.0 Å². The third-order valence-electron chi connectivity index (χ3n) is 3.20. The molecule has 1 rings (SSSR count). The average molecular weight is 317 g/mol. The smallest absolute Gasteiger partial charge is 0.269 e. The van der Waals surface area contributed by atoms with Crippen LogP contribution in [0.15, 0.2) is 18.2 Å². The van der Waals surface area contributed by atoms with Crippen LogP contribution in [0.2, 0.25) is 0 Å². The molecule has 0 aliphatic rings. The fourth-order valence-electron chi connectivity index (χ4n) is 2.17. The lowest BCUT2D eigenvalue weighted by molar-refractivity contribution is -0.384. The highest BCUT2D eigenvalue weighted by molar-refractivity contribution is 6.17. The first-order valence-corrected chi connectivity index (χ1v) is 7.16. The van der Waals surface area contributed by atoms with Crippen molar-refractivity contribution in [2.45, 2.75) is 18.8 Å². The SMILES string of the molecule is COCCN(c1ccc([N+](=O)[O-])cc1CCl)C(C)COC. The predicted octanol–water partition coefficient (Wildman–Crippen LogP) is 2.82. The Morgan fingerprint density at radius 1 is 1.38 bits per heavy atom. The monoisotopic (exact) mass is 316 g/mol. The van der Waals surface area contributed by atoms with Gasteiger partial charge in [-0.05, 0) is 18.6 Å². The molecule has 0 saturated heterocycles. The molecule has 0 heterocycles. The standard InChI is InChI=1S/C14H21ClN2O4/c1-11(10-21-3)16(6-7-20-2)14-5-4-13(17(18)19)8-12(14)9-15/h4-5,8,11H,6-7,9-10H2,1-3H3. The quantitative estimate of drug-likeness (QED) is 0.398. The molecular weight excluding hydrogens is 296 g/mol. The van der Waals surface area contributed by atoms with Gasteiger partial charge in [-0.15, -0.1) is 11.6 Å². The Morgan fingerprint density at radius 3 is 2.62 bits per heavy atom. The van der Waals surface area contributed by atoms with Gasteiger partial charge in [-0.2, -0.15) is 0 Å². The summed E-state index contributed by atoms with van der Waals surface area (Å²) in [5.41, 5.74) is 1.64. The first kappa shape index (κ1) is 17.7. The molecule has 21 heavy (non-hydrogen) atoms. The van der Waals surface area contributed by atoms with E-state index in [0.29, 0.717) is 19.8 Å². The summed E-state index contributed by atoms with van der Waals surface area (Å²) in [6.45, 7) is 3.77. The van der Waals surface area contributed by atoms with Crippen LogP contribution in [0.4, 0.5) is 11.4 Å². The minimum Gasteiger partial charge on any atom is -0.383 e. The lowest BCUT2D eigenvalue weighted by atomic mass is 10.1. The lowest BCUT2D eigenvalue weighted by Gasteiger charge is -2.32. The Balaban J connectivity index is 3.13. The van der Waals surface area contributed by atoms with E-state index in [9.17, 15) is 10.1 Å². The van der Waals surface area contributed by atoms with E-state index in [1.54, 1.807) is 20.3 Å². The second-order valence-electron chi connectivity index (χ2n) is 4.69. The van der Waals surface area contributed by atoms with Crippen molar-refractivity contribution in [3.8, 4) is 0 Å². The molecule has 1 aromatic rings. The summed E-state index contributed by atoms with van der Waals surface area (Å²) in [6, 6.07) is 4.85. The number of ether oxygens (including phenoxy) is 2. The molecule has 0 saturated carbocycles. The molecule has 1 unspecified atom stereocenters. The number of halogens is 1. The van der Waals surface area contributed by atoms with Crippen LogP contribution in [-0.4, -0.2) is 44.9 Å². The number of hydrogen-bond acceptors (Lipinski definition) is 5. The van der Waals surface area contributed by atoms with Crippen LogP contribution in [0.3, 0.4) is 0 Å². The van der Waals surface area contributed by atoms with Crippen molar-refractivity contribution in [3.05, 3.63) is 33.9 Å². The second-order valence-corrected chi connectivity index (χ2v) is 4.96. The van der Waals surface area contributed by atoms with E-state index in [0.717, 1.165) is 11.3 Å². The molecule has 1 atom stereocenters. The number of alkyl halides is 1. The molecule has 0 aliphatic heterocycles. The van der Waals surface area contributed by atoms with Crippen molar-refractivity contribution in [3.63, 3.8) is 0 Å². The number of methoxy groups -OCH3 is 2. The van der Waals surface area contributed by atoms with Crippen LogP contribution in [0.25, 0.3) is 0 Å². The molecule has 1 aromatic carbocycles. The first-order chi connectivity index (χ1) is 10.0. The van der Waals surface area contributed by atoms with E-state index in [-0.39, 0.29) is 17.6 Å². The molecular formula is C14H21ClN2O4. The third-order valence-corrected chi connectivity index (χ3v) is 3.49. The van der Waals surface area contributed by atoms with Gasteiger partial charge in [0.1, 0.15) is 0 Å². The Labute approximate surface area is 129 Å². The number of benzene rings is 1. The summed E-state index contributed by atoms with van der Waals surface area (Å²) in [4.78, 5) is 12.5. The highest BCUT2D eigenvalue weighted by Gasteiger charge is 2.19. The maximum Gasteiger partial charge on any atom is 0.269 e. The summed E-state index contributed by atoms with van der Waals surface area (Å²) in [5, 5.41) is 10.9. The fraction of sp³-hybridized carbons (Fsp3) is 0.571. The zero-order valence-electron chi connectivity index (χ0n) is 12.5.